The van der Waals surface area contributed by atoms with Crippen molar-refractivity contribution in [2.24, 2.45) is 0 Å². The van der Waals surface area contributed by atoms with Crippen LogP contribution in [0.2, 0.25) is 0 Å². The molecule has 0 saturated heterocycles. The summed E-state index contributed by atoms with van der Waals surface area (Å²) in [5, 5.41) is 4.02. The first-order valence-corrected chi connectivity index (χ1v) is 10.8. The molecule has 4 rings (SSSR count). The van der Waals surface area contributed by atoms with Crippen molar-refractivity contribution in [3.8, 4) is 0 Å². The fourth-order valence-electron chi connectivity index (χ4n) is 3.97. The van der Waals surface area contributed by atoms with Crippen LogP contribution in [0.5, 0.6) is 0 Å². The van der Waals surface area contributed by atoms with Crippen molar-refractivity contribution in [3.05, 3.63) is 77.4 Å². The van der Waals surface area contributed by atoms with Crippen LogP contribution >= 0.6 is 0 Å². The number of Topliss-reactive ketones (excluding diaryl/α,β-unsaturated/α-hetero) is 1. The van der Waals surface area contributed by atoms with Gasteiger partial charge >= 0.3 is 5.97 Å². The number of anilines is 1. The summed E-state index contributed by atoms with van der Waals surface area (Å²) in [7, 11) is 0. The van der Waals surface area contributed by atoms with Gasteiger partial charge in [-0.3, -0.25) is 28.9 Å². The quantitative estimate of drug-likeness (QED) is 0.314. The van der Waals surface area contributed by atoms with E-state index in [1.54, 1.807) is 48.5 Å². The van der Waals surface area contributed by atoms with Crippen molar-refractivity contribution in [3.63, 3.8) is 0 Å². The van der Waals surface area contributed by atoms with Crippen LogP contribution in [-0.4, -0.2) is 47.5 Å². The molecular weight excluding hydrogens is 436 g/mol. The SMILES string of the molecule is CC(=O)c1ccccc1NC(=O)COC(=O)CCCN1C(=O)c2cccc3cccc(c23)C1=O. The maximum Gasteiger partial charge on any atom is 0.306 e. The first-order chi connectivity index (χ1) is 16.4. The number of amides is 3. The molecule has 0 fully saturated rings. The second-order valence-electron chi connectivity index (χ2n) is 7.89. The number of imide groups is 1. The highest BCUT2D eigenvalue weighted by atomic mass is 16.5. The van der Waals surface area contributed by atoms with Gasteiger partial charge in [0.1, 0.15) is 0 Å². The van der Waals surface area contributed by atoms with Crippen LogP contribution in [0.25, 0.3) is 10.8 Å². The fraction of sp³-hybridized carbons (Fsp3) is 0.192. The van der Waals surface area contributed by atoms with E-state index in [1.807, 2.05) is 12.1 Å². The number of carbonyl (C=O) groups is 5. The number of para-hydroxylation sites is 1. The summed E-state index contributed by atoms with van der Waals surface area (Å²) in [6, 6.07) is 17.1. The van der Waals surface area contributed by atoms with Crippen molar-refractivity contribution >= 4 is 45.9 Å². The van der Waals surface area contributed by atoms with E-state index in [1.165, 1.54) is 6.92 Å². The first-order valence-electron chi connectivity index (χ1n) is 10.8. The number of ketones is 1. The highest BCUT2D eigenvalue weighted by Gasteiger charge is 2.32. The lowest BCUT2D eigenvalue weighted by Gasteiger charge is -2.27. The highest BCUT2D eigenvalue weighted by Crippen LogP contribution is 2.30. The van der Waals surface area contributed by atoms with Gasteiger partial charge in [-0.1, -0.05) is 36.4 Å². The van der Waals surface area contributed by atoms with Crippen LogP contribution in [0.4, 0.5) is 5.69 Å². The summed E-state index contributed by atoms with van der Waals surface area (Å²) in [5.41, 5.74) is 1.61. The van der Waals surface area contributed by atoms with E-state index in [0.29, 0.717) is 27.8 Å². The third-order valence-corrected chi connectivity index (χ3v) is 5.56. The fourth-order valence-corrected chi connectivity index (χ4v) is 3.97. The number of carbonyl (C=O) groups excluding carboxylic acids is 5. The Balaban J connectivity index is 1.29. The molecular formula is C26H22N2O6. The molecule has 0 saturated carbocycles. The van der Waals surface area contributed by atoms with Crippen LogP contribution in [0.15, 0.2) is 60.7 Å². The summed E-state index contributed by atoms with van der Waals surface area (Å²) in [6.45, 7) is 0.930. The summed E-state index contributed by atoms with van der Waals surface area (Å²) in [4.78, 5) is 62.7. The Labute approximate surface area is 195 Å². The van der Waals surface area contributed by atoms with Crippen molar-refractivity contribution in [1.82, 2.24) is 4.90 Å². The number of benzene rings is 3. The molecule has 0 unspecified atom stereocenters. The van der Waals surface area contributed by atoms with Crippen LogP contribution in [-0.2, 0) is 14.3 Å². The van der Waals surface area contributed by atoms with Gasteiger partial charge in [0, 0.05) is 35.0 Å². The molecule has 0 spiro atoms. The predicted octanol–water partition coefficient (Wildman–Crippen LogP) is 3.60. The van der Waals surface area contributed by atoms with Gasteiger partial charge in [-0.25, -0.2) is 0 Å². The van der Waals surface area contributed by atoms with Crippen LogP contribution < -0.4 is 5.32 Å². The summed E-state index contributed by atoms with van der Waals surface area (Å²) in [5.74, 6) is -2.20. The average molecular weight is 458 g/mol. The molecule has 0 aromatic heterocycles. The Morgan fingerprint density at radius 3 is 2.18 bits per heavy atom. The van der Waals surface area contributed by atoms with Gasteiger partial charge in [0.25, 0.3) is 17.7 Å². The second kappa shape index (κ2) is 9.66. The monoisotopic (exact) mass is 458 g/mol. The second-order valence-corrected chi connectivity index (χ2v) is 7.89. The first kappa shape index (κ1) is 22.8. The smallest absolute Gasteiger partial charge is 0.306 e. The zero-order chi connectivity index (χ0) is 24.2. The Morgan fingerprint density at radius 1 is 0.882 bits per heavy atom. The van der Waals surface area contributed by atoms with Crippen LogP contribution in [0, 0.1) is 0 Å². The van der Waals surface area contributed by atoms with E-state index in [9.17, 15) is 24.0 Å². The maximum atomic E-state index is 12.9. The number of hydrogen-bond acceptors (Lipinski definition) is 6. The largest absolute Gasteiger partial charge is 0.456 e. The highest BCUT2D eigenvalue weighted by molar-refractivity contribution is 6.25. The number of rotatable bonds is 8. The molecule has 3 aromatic rings. The predicted molar refractivity (Wildman–Crippen MR) is 125 cm³/mol. The summed E-state index contributed by atoms with van der Waals surface area (Å²) < 4.78 is 5.00. The van der Waals surface area contributed by atoms with Crippen LogP contribution in [0.3, 0.4) is 0 Å². The third-order valence-electron chi connectivity index (χ3n) is 5.56. The molecule has 0 bridgehead atoms. The van der Waals surface area contributed by atoms with Crippen LogP contribution in [0.1, 0.15) is 50.8 Å². The molecule has 0 radical (unpaired) electrons. The number of nitrogens with one attached hydrogen (secondary N) is 1. The molecule has 0 aliphatic carbocycles. The minimum atomic E-state index is -0.630. The van der Waals surface area contributed by atoms with Gasteiger partial charge in [0.2, 0.25) is 0 Å². The lowest BCUT2D eigenvalue weighted by molar-refractivity contribution is -0.147. The normalized spacial score (nSPS) is 12.6. The van der Waals surface area contributed by atoms with Gasteiger partial charge in [0.05, 0.1) is 5.69 Å². The molecule has 172 valence electrons. The Morgan fingerprint density at radius 2 is 1.53 bits per heavy atom. The molecule has 8 nitrogen and oxygen atoms in total. The zero-order valence-corrected chi connectivity index (χ0v) is 18.5. The summed E-state index contributed by atoms with van der Waals surface area (Å²) in [6.07, 6.45) is 0.128. The van der Waals surface area contributed by atoms with E-state index in [4.69, 9.17) is 4.74 Å². The van der Waals surface area contributed by atoms with Gasteiger partial charge in [-0.05, 0) is 43.0 Å². The van der Waals surface area contributed by atoms with E-state index in [0.717, 1.165) is 10.3 Å². The molecule has 1 aliphatic rings. The molecule has 3 aromatic carbocycles. The van der Waals surface area contributed by atoms with Gasteiger partial charge < -0.3 is 10.1 Å². The minimum Gasteiger partial charge on any atom is -0.456 e. The Hall–Kier alpha value is -4.33. The molecule has 3 amide bonds. The standard InChI is InChI=1S/C26H22N2O6/c1-16(29)18-9-2-3-12-21(18)27-22(30)15-34-23(31)13-6-14-28-25(32)19-10-4-7-17-8-5-11-20(24(17)19)26(28)33/h2-5,7-12H,6,13-15H2,1H3,(H,27,30). The van der Waals surface area contributed by atoms with E-state index >= 15 is 0 Å². The topological polar surface area (TPSA) is 110 Å². The van der Waals surface area contributed by atoms with Crippen molar-refractivity contribution in [2.75, 3.05) is 18.5 Å². The molecule has 1 heterocycles. The molecule has 1 N–H and O–H groups in total. The molecule has 0 atom stereocenters. The Bertz CT molecular complexity index is 1280. The van der Waals surface area contributed by atoms with Gasteiger partial charge in [-0.2, -0.15) is 0 Å². The maximum absolute atomic E-state index is 12.9. The molecule has 1 aliphatic heterocycles. The molecule has 34 heavy (non-hydrogen) atoms. The van der Waals surface area contributed by atoms with E-state index in [2.05, 4.69) is 5.32 Å². The van der Waals surface area contributed by atoms with Crippen molar-refractivity contribution < 1.29 is 28.7 Å². The number of hydrogen-bond donors (Lipinski definition) is 1. The van der Waals surface area contributed by atoms with Gasteiger partial charge in [0.15, 0.2) is 12.4 Å². The summed E-state index contributed by atoms with van der Waals surface area (Å²) >= 11 is 0. The van der Waals surface area contributed by atoms with Gasteiger partial charge in [-0.15, -0.1) is 0 Å². The lowest BCUT2D eigenvalue weighted by atomic mass is 9.94. The Kier molecular flexibility index (Phi) is 6.49. The average Bonchev–Trinajstić information content (AvgIpc) is 2.83. The van der Waals surface area contributed by atoms with E-state index < -0.39 is 30.3 Å². The number of esters is 1. The zero-order valence-electron chi connectivity index (χ0n) is 18.5. The van der Waals surface area contributed by atoms with E-state index in [-0.39, 0.29) is 25.2 Å². The number of nitrogens with zero attached hydrogens (tertiary/aromatic N) is 1. The van der Waals surface area contributed by atoms with Crippen molar-refractivity contribution in [1.29, 1.82) is 0 Å². The number of ether oxygens (including phenoxy) is 1. The third kappa shape index (κ3) is 4.56. The van der Waals surface area contributed by atoms with Crippen molar-refractivity contribution in [2.45, 2.75) is 19.8 Å². The minimum absolute atomic E-state index is 0.0513. The molecule has 8 heteroatoms. The lowest BCUT2D eigenvalue weighted by Crippen LogP contribution is -2.41.